The van der Waals surface area contributed by atoms with Crippen LogP contribution >= 0.6 is 11.6 Å². The second-order valence-corrected chi connectivity index (χ2v) is 5.22. The number of aromatic nitrogens is 1. The number of fused-ring (bicyclic) bond motifs is 1. The molecule has 0 radical (unpaired) electrons. The van der Waals surface area contributed by atoms with Crippen molar-refractivity contribution in [2.24, 2.45) is 7.05 Å². The third kappa shape index (κ3) is 2.82. The first-order valence-electron chi connectivity index (χ1n) is 6.05. The zero-order valence-corrected chi connectivity index (χ0v) is 11.4. The Morgan fingerprint density at radius 1 is 1.35 bits per heavy atom. The quantitative estimate of drug-likeness (QED) is 0.881. The van der Waals surface area contributed by atoms with Crippen LogP contribution in [0.1, 0.15) is 19.4 Å². The number of hydrogen-bond acceptors (Lipinski definition) is 1. The molecule has 0 aliphatic carbocycles. The van der Waals surface area contributed by atoms with Gasteiger partial charge in [0.2, 0.25) is 0 Å². The fourth-order valence-corrected chi connectivity index (χ4v) is 2.31. The van der Waals surface area contributed by atoms with Gasteiger partial charge in [0.1, 0.15) is 0 Å². The normalized spacial score (nSPS) is 11.6. The molecule has 0 bridgehead atoms. The van der Waals surface area contributed by atoms with E-state index in [-0.39, 0.29) is 0 Å². The van der Waals surface area contributed by atoms with E-state index in [4.69, 9.17) is 11.6 Å². The van der Waals surface area contributed by atoms with Gasteiger partial charge in [0.25, 0.3) is 0 Å². The lowest BCUT2D eigenvalue weighted by atomic mass is 10.1. The number of halogens is 1. The maximum atomic E-state index is 6.06. The first kappa shape index (κ1) is 12.5. The SMILES string of the molecule is CC(C)NCCc1cn(C)c2ccc(Cl)cc12. The van der Waals surface area contributed by atoms with Gasteiger partial charge in [0.05, 0.1) is 0 Å². The summed E-state index contributed by atoms with van der Waals surface area (Å²) >= 11 is 6.06. The summed E-state index contributed by atoms with van der Waals surface area (Å²) in [7, 11) is 2.08. The van der Waals surface area contributed by atoms with Crippen molar-refractivity contribution >= 4 is 22.5 Å². The van der Waals surface area contributed by atoms with Crippen LogP contribution in [0.15, 0.2) is 24.4 Å². The van der Waals surface area contributed by atoms with Crippen LogP contribution in [-0.4, -0.2) is 17.2 Å². The van der Waals surface area contributed by atoms with Gasteiger partial charge in [-0.05, 0) is 36.7 Å². The molecule has 2 rings (SSSR count). The smallest absolute Gasteiger partial charge is 0.0481 e. The Morgan fingerprint density at radius 3 is 2.82 bits per heavy atom. The predicted octanol–water partition coefficient (Wildman–Crippen LogP) is 3.37. The summed E-state index contributed by atoms with van der Waals surface area (Å²) in [6, 6.07) is 6.62. The summed E-state index contributed by atoms with van der Waals surface area (Å²) < 4.78 is 2.16. The van der Waals surface area contributed by atoms with Crippen LogP contribution in [-0.2, 0) is 13.5 Å². The molecule has 1 aromatic heterocycles. The zero-order valence-electron chi connectivity index (χ0n) is 10.6. The molecule has 1 heterocycles. The van der Waals surface area contributed by atoms with Crippen molar-refractivity contribution in [3.63, 3.8) is 0 Å². The molecule has 2 aromatic rings. The van der Waals surface area contributed by atoms with E-state index in [1.165, 1.54) is 16.5 Å². The van der Waals surface area contributed by atoms with E-state index in [2.05, 4.69) is 49.1 Å². The van der Waals surface area contributed by atoms with Gasteiger partial charge in [0.15, 0.2) is 0 Å². The predicted molar refractivity (Wildman–Crippen MR) is 74.8 cm³/mol. The molecular formula is C14H19ClN2. The lowest BCUT2D eigenvalue weighted by molar-refractivity contribution is 0.591. The lowest BCUT2D eigenvalue weighted by Crippen LogP contribution is -2.24. The van der Waals surface area contributed by atoms with Gasteiger partial charge in [0, 0.05) is 35.2 Å². The zero-order chi connectivity index (χ0) is 12.4. The molecule has 0 aliphatic rings. The lowest BCUT2D eigenvalue weighted by Gasteiger charge is -2.06. The van der Waals surface area contributed by atoms with Crippen LogP contribution in [0.4, 0.5) is 0 Å². The van der Waals surface area contributed by atoms with Gasteiger partial charge in [-0.15, -0.1) is 0 Å². The van der Waals surface area contributed by atoms with E-state index in [1.807, 2.05) is 6.07 Å². The maximum Gasteiger partial charge on any atom is 0.0481 e. The Balaban J connectivity index is 2.24. The third-order valence-electron chi connectivity index (χ3n) is 2.98. The van der Waals surface area contributed by atoms with Crippen molar-refractivity contribution in [2.45, 2.75) is 26.3 Å². The van der Waals surface area contributed by atoms with Crippen molar-refractivity contribution in [3.8, 4) is 0 Å². The molecule has 3 heteroatoms. The van der Waals surface area contributed by atoms with Crippen molar-refractivity contribution in [2.75, 3.05) is 6.54 Å². The Morgan fingerprint density at radius 2 is 2.12 bits per heavy atom. The molecule has 2 nitrogen and oxygen atoms in total. The van der Waals surface area contributed by atoms with Gasteiger partial charge < -0.3 is 9.88 Å². The number of nitrogens with zero attached hydrogens (tertiary/aromatic N) is 1. The van der Waals surface area contributed by atoms with E-state index in [1.54, 1.807) is 0 Å². The van der Waals surface area contributed by atoms with Crippen LogP contribution in [0.25, 0.3) is 10.9 Å². The third-order valence-corrected chi connectivity index (χ3v) is 3.22. The molecule has 0 saturated heterocycles. The van der Waals surface area contributed by atoms with Gasteiger partial charge in [-0.2, -0.15) is 0 Å². The second-order valence-electron chi connectivity index (χ2n) is 4.79. The highest BCUT2D eigenvalue weighted by Crippen LogP contribution is 2.24. The van der Waals surface area contributed by atoms with Crippen molar-refractivity contribution < 1.29 is 0 Å². The van der Waals surface area contributed by atoms with Crippen LogP contribution in [0, 0.1) is 0 Å². The van der Waals surface area contributed by atoms with Crippen molar-refractivity contribution in [3.05, 3.63) is 35.0 Å². The molecule has 0 saturated carbocycles. The molecule has 0 spiro atoms. The molecule has 0 unspecified atom stereocenters. The van der Waals surface area contributed by atoms with E-state index in [9.17, 15) is 0 Å². The highest BCUT2D eigenvalue weighted by molar-refractivity contribution is 6.31. The molecule has 0 fully saturated rings. The summed E-state index contributed by atoms with van der Waals surface area (Å²) in [6.07, 6.45) is 3.23. The molecule has 0 amide bonds. The van der Waals surface area contributed by atoms with Crippen LogP contribution in [0.3, 0.4) is 0 Å². The molecule has 0 atom stereocenters. The minimum atomic E-state index is 0.536. The Hall–Kier alpha value is -0.990. The summed E-state index contributed by atoms with van der Waals surface area (Å²) in [6.45, 7) is 5.34. The second kappa shape index (κ2) is 5.11. The Kier molecular flexibility index (Phi) is 3.75. The Labute approximate surface area is 108 Å². The van der Waals surface area contributed by atoms with E-state index in [0.29, 0.717) is 6.04 Å². The molecule has 0 aliphatic heterocycles. The fraction of sp³-hybridized carbons (Fsp3) is 0.429. The summed E-state index contributed by atoms with van der Waals surface area (Å²) in [5.41, 5.74) is 2.60. The average Bonchev–Trinajstić information content (AvgIpc) is 2.55. The van der Waals surface area contributed by atoms with Crippen molar-refractivity contribution in [1.82, 2.24) is 9.88 Å². The number of hydrogen-bond donors (Lipinski definition) is 1. The highest BCUT2D eigenvalue weighted by Gasteiger charge is 2.06. The largest absolute Gasteiger partial charge is 0.350 e. The summed E-state index contributed by atoms with van der Waals surface area (Å²) in [5.74, 6) is 0. The molecule has 17 heavy (non-hydrogen) atoms. The molecule has 1 aromatic carbocycles. The van der Waals surface area contributed by atoms with Gasteiger partial charge in [-0.25, -0.2) is 0 Å². The average molecular weight is 251 g/mol. The fourth-order valence-electron chi connectivity index (χ4n) is 2.14. The van der Waals surface area contributed by atoms with Gasteiger partial charge in [-0.3, -0.25) is 0 Å². The maximum absolute atomic E-state index is 6.06. The van der Waals surface area contributed by atoms with E-state index in [0.717, 1.165) is 18.0 Å². The molecule has 1 N–H and O–H groups in total. The minimum Gasteiger partial charge on any atom is -0.350 e. The first-order valence-corrected chi connectivity index (χ1v) is 6.42. The van der Waals surface area contributed by atoms with Crippen LogP contribution < -0.4 is 5.32 Å². The number of aryl methyl sites for hydroxylation is 1. The van der Waals surface area contributed by atoms with Crippen LogP contribution in [0.5, 0.6) is 0 Å². The minimum absolute atomic E-state index is 0.536. The van der Waals surface area contributed by atoms with E-state index >= 15 is 0 Å². The van der Waals surface area contributed by atoms with Gasteiger partial charge >= 0.3 is 0 Å². The molecule has 92 valence electrons. The number of rotatable bonds is 4. The summed E-state index contributed by atoms with van der Waals surface area (Å²) in [4.78, 5) is 0. The van der Waals surface area contributed by atoms with Crippen LogP contribution in [0.2, 0.25) is 5.02 Å². The summed E-state index contributed by atoms with van der Waals surface area (Å²) in [5, 5.41) is 5.52. The first-order chi connectivity index (χ1) is 8.08. The monoisotopic (exact) mass is 250 g/mol. The molecular weight excluding hydrogens is 232 g/mol. The number of nitrogens with one attached hydrogen (secondary N) is 1. The van der Waals surface area contributed by atoms with E-state index < -0.39 is 0 Å². The standard InChI is InChI=1S/C14H19ClN2/c1-10(2)16-7-6-11-9-17(3)14-5-4-12(15)8-13(11)14/h4-5,8-10,16H,6-7H2,1-3H3. The van der Waals surface area contributed by atoms with Gasteiger partial charge in [-0.1, -0.05) is 25.4 Å². The number of benzene rings is 1. The van der Waals surface area contributed by atoms with Crippen molar-refractivity contribution in [1.29, 1.82) is 0 Å². The highest BCUT2D eigenvalue weighted by atomic mass is 35.5. The topological polar surface area (TPSA) is 17.0 Å². The Bertz CT molecular complexity index is 514.